The molecule has 4 nitrogen and oxygen atoms in total. The SMILES string of the molecule is Cc1nc(-c2ccc(CNC(=O)CSc3ccc(F)cc3F)o2)cs1. The third kappa shape index (κ3) is 4.67. The van der Waals surface area contributed by atoms with E-state index in [9.17, 15) is 13.6 Å². The molecule has 0 aliphatic heterocycles. The first-order chi connectivity index (χ1) is 12.0. The molecular weight excluding hydrogens is 366 g/mol. The predicted octanol–water partition coefficient (Wildman–Crippen LogP) is 4.40. The summed E-state index contributed by atoms with van der Waals surface area (Å²) in [5.74, 6) is -0.303. The maximum atomic E-state index is 13.5. The van der Waals surface area contributed by atoms with Gasteiger partial charge in [-0.25, -0.2) is 13.8 Å². The van der Waals surface area contributed by atoms with Gasteiger partial charge >= 0.3 is 0 Å². The Hall–Kier alpha value is -2.19. The van der Waals surface area contributed by atoms with Crippen LogP contribution in [0.5, 0.6) is 0 Å². The van der Waals surface area contributed by atoms with Gasteiger partial charge in [0.05, 0.1) is 17.3 Å². The summed E-state index contributed by atoms with van der Waals surface area (Å²) < 4.78 is 32.0. The number of aryl methyl sites for hydroxylation is 1. The minimum atomic E-state index is -0.674. The van der Waals surface area contributed by atoms with Gasteiger partial charge in [-0.15, -0.1) is 23.1 Å². The third-order valence-electron chi connectivity index (χ3n) is 3.25. The molecule has 1 aromatic carbocycles. The second-order valence-corrected chi connectivity index (χ2v) is 7.24. The number of furan rings is 1. The zero-order chi connectivity index (χ0) is 17.8. The number of halogens is 2. The standard InChI is InChI=1S/C17H14F2N2O2S2/c1-10-21-14(8-24-10)15-4-3-12(23-15)7-20-17(22)9-25-16-5-2-11(18)6-13(16)19/h2-6,8H,7,9H2,1H3,(H,20,22). The molecule has 1 amide bonds. The summed E-state index contributed by atoms with van der Waals surface area (Å²) >= 11 is 2.55. The van der Waals surface area contributed by atoms with Gasteiger partial charge in [-0.2, -0.15) is 0 Å². The fraction of sp³-hybridized carbons (Fsp3) is 0.176. The number of hydrogen-bond acceptors (Lipinski definition) is 5. The predicted molar refractivity (Wildman–Crippen MR) is 93.5 cm³/mol. The molecule has 2 heterocycles. The van der Waals surface area contributed by atoms with E-state index in [4.69, 9.17) is 4.42 Å². The average Bonchev–Trinajstić information content (AvgIpc) is 3.21. The van der Waals surface area contributed by atoms with Gasteiger partial charge in [-0.3, -0.25) is 4.79 Å². The van der Waals surface area contributed by atoms with Gasteiger partial charge in [0.15, 0.2) is 5.76 Å². The molecule has 130 valence electrons. The second-order valence-electron chi connectivity index (χ2n) is 5.16. The summed E-state index contributed by atoms with van der Waals surface area (Å²) in [6.45, 7) is 2.15. The van der Waals surface area contributed by atoms with Crippen molar-refractivity contribution >= 4 is 29.0 Å². The monoisotopic (exact) mass is 380 g/mol. The van der Waals surface area contributed by atoms with Crippen LogP contribution in [0.4, 0.5) is 8.78 Å². The Morgan fingerprint density at radius 3 is 2.88 bits per heavy atom. The molecule has 0 atom stereocenters. The first-order valence-corrected chi connectivity index (χ1v) is 9.23. The van der Waals surface area contributed by atoms with Crippen molar-refractivity contribution in [2.45, 2.75) is 18.4 Å². The topological polar surface area (TPSA) is 55.1 Å². The van der Waals surface area contributed by atoms with Crippen molar-refractivity contribution in [3.05, 3.63) is 58.1 Å². The van der Waals surface area contributed by atoms with Crippen molar-refractivity contribution in [2.75, 3.05) is 5.75 Å². The minimum absolute atomic E-state index is 0.0292. The van der Waals surface area contributed by atoms with Crippen LogP contribution in [-0.4, -0.2) is 16.6 Å². The number of nitrogens with one attached hydrogen (secondary N) is 1. The molecule has 0 aliphatic carbocycles. The number of nitrogens with zero attached hydrogens (tertiary/aromatic N) is 1. The van der Waals surface area contributed by atoms with E-state index in [0.29, 0.717) is 11.5 Å². The quantitative estimate of drug-likeness (QED) is 0.644. The summed E-state index contributed by atoms with van der Waals surface area (Å²) in [6, 6.07) is 6.85. The van der Waals surface area contributed by atoms with E-state index in [2.05, 4.69) is 10.3 Å². The van der Waals surface area contributed by atoms with E-state index in [1.165, 1.54) is 17.4 Å². The van der Waals surface area contributed by atoms with Gasteiger partial charge in [-0.05, 0) is 31.2 Å². The van der Waals surface area contributed by atoms with Crippen molar-refractivity contribution in [3.8, 4) is 11.5 Å². The summed E-state index contributed by atoms with van der Waals surface area (Å²) in [5.41, 5.74) is 0.766. The number of carbonyl (C=O) groups is 1. The van der Waals surface area contributed by atoms with Crippen molar-refractivity contribution in [1.82, 2.24) is 10.3 Å². The van der Waals surface area contributed by atoms with Crippen molar-refractivity contribution in [3.63, 3.8) is 0 Å². The maximum absolute atomic E-state index is 13.5. The molecule has 0 aliphatic rings. The molecule has 3 aromatic rings. The first kappa shape index (κ1) is 17.6. The van der Waals surface area contributed by atoms with E-state index >= 15 is 0 Å². The Balaban J connectivity index is 1.50. The van der Waals surface area contributed by atoms with Crippen LogP contribution < -0.4 is 5.32 Å². The molecule has 0 bridgehead atoms. The average molecular weight is 380 g/mol. The number of benzene rings is 1. The summed E-state index contributed by atoms with van der Waals surface area (Å²) in [7, 11) is 0. The minimum Gasteiger partial charge on any atom is -0.458 e. The van der Waals surface area contributed by atoms with E-state index in [-0.39, 0.29) is 23.1 Å². The lowest BCUT2D eigenvalue weighted by atomic mass is 10.3. The Labute approximate surface area is 151 Å². The van der Waals surface area contributed by atoms with Gasteiger partial charge in [0.25, 0.3) is 0 Å². The number of aromatic nitrogens is 1. The molecule has 2 aromatic heterocycles. The van der Waals surface area contributed by atoms with Crippen LogP contribution in [0.1, 0.15) is 10.8 Å². The number of hydrogen-bond donors (Lipinski definition) is 1. The Bertz CT molecular complexity index is 892. The van der Waals surface area contributed by atoms with Crippen LogP contribution in [0.25, 0.3) is 11.5 Å². The molecule has 0 fully saturated rings. The van der Waals surface area contributed by atoms with E-state index in [1.807, 2.05) is 12.3 Å². The van der Waals surface area contributed by atoms with Crippen LogP contribution in [-0.2, 0) is 11.3 Å². The van der Waals surface area contributed by atoms with Crippen LogP contribution in [0.3, 0.4) is 0 Å². The molecule has 3 rings (SSSR count). The summed E-state index contributed by atoms with van der Waals surface area (Å²) in [4.78, 5) is 16.4. The van der Waals surface area contributed by atoms with Gasteiger partial charge in [0.1, 0.15) is 23.1 Å². The van der Waals surface area contributed by atoms with Crippen molar-refractivity contribution < 1.29 is 18.0 Å². The van der Waals surface area contributed by atoms with Crippen LogP contribution in [0.2, 0.25) is 0 Å². The lowest BCUT2D eigenvalue weighted by Gasteiger charge is -2.04. The molecular formula is C17H14F2N2O2S2. The number of rotatable bonds is 6. The Kier molecular flexibility index (Phi) is 5.50. The van der Waals surface area contributed by atoms with E-state index in [1.54, 1.807) is 12.1 Å². The molecule has 0 spiro atoms. The highest BCUT2D eigenvalue weighted by atomic mass is 32.2. The second kappa shape index (κ2) is 7.79. The molecule has 25 heavy (non-hydrogen) atoms. The van der Waals surface area contributed by atoms with Gasteiger partial charge in [-0.1, -0.05) is 0 Å². The number of thioether (sulfide) groups is 1. The smallest absolute Gasteiger partial charge is 0.230 e. The lowest BCUT2D eigenvalue weighted by Crippen LogP contribution is -2.24. The Morgan fingerprint density at radius 1 is 1.32 bits per heavy atom. The number of carbonyl (C=O) groups excluding carboxylic acids is 1. The zero-order valence-electron chi connectivity index (χ0n) is 13.2. The number of thiazole rings is 1. The van der Waals surface area contributed by atoms with Gasteiger partial charge in [0.2, 0.25) is 5.91 Å². The highest BCUT2D eigenvalue weighted by Gasteiger charge is 2.10. The molecule has 0 saturated carbocycles. The summed E-state index contributed by atoms with van der Waals surface area (Å²) in [6.07, 6.45) is 0. The van der Waals surface area contributed by atoms with Gasteiger partial charge < -0.3 is 9.73 Å². The molecule has 1 N–H and O–H groups in total. The first-order valence-electron chi connectivity index (χ1n) is 7.37. The maximum Gasteiger partial charge on any atom is 0.230 e. The Morgan fingerprint density at radius 2 is 2.16 bits per heavy atom. The lowest BCUT2D eigenvalue weighted by molar-refractivity contribution is -0.118. The van der Waals surface area contributed by atoms with E-state index in [0.717, 1.165) is 34.6 Å². The fourth-order valence-corrected chi connectivity index (χ4v) is 3.41. The number of amides is 1. The van der Waals surface area contributed by atoms with Crippen LogP contribution in [0, 0.1) is 18.6 Å². The zero-order valence-corrected chi connectivity index (χ0v) is 14.8. The van der Waals surface area contributed by atoms with E-state index < -0.39 is 11.6 Å². The normalized spacial score (nSPS) is 10.8. The molecule has 8 heteroatoms. The molecule has 0 radical (unpaired) electrons. The van der Waals surface area contributed by atoms with Crippen molar-refractivity contribution in [1.29, 1.82) is 0 Å². The molecule has 0 unspecified atom stereocenters. The van der Waals surface area contributed by atoms with Crippen molar-refractivity contribution in [2.24, 2.45) is 0 Å². The third-order valence-corrected chi connectivity index (χ3v) is 5.07. The highest BCUT2D eigenvalue weighted by Crippen LogP contribution is 2.24. The largest absolute Gasteiger partial charge is 0.458 e. The summed E-state index contributed by atoms with van der Waals surface area (Å²) in [5, 5.41) is 5.56. The van der Waals surface area contributed by atoms with Crippen LogP contribution in [0.15, 0.2) is 45.0 Å². The highest BCUT2D eigenvalue weighted by molar-refractivity contribution is 8.00. The fourth-order valence-electron chi connectivity index (χ4n) is 2.06. The van der Waals surface area contributed by atoms with Gasteiger partial charge in [0, 0.05) is 16.3 Å². The molecule has 0 saturated heterocycles. The van der Waals surface area contributed by atoms with Crippen LogP contribution >= 0.6 is 23.1 Å².